The molecule has 4 N–H and O–H groups in total. The lowest BCUT2D eigenvalue weighted by Gasteiger charge is -2.44. The highest BCUT2D eigenvalue weighted by molar-refractivity contribution is 5.95. The van der Waals surface area contributed by atoms with E-state index in [0.29, 0.717) is 17.5 Å². The molecule has 0 aromatic heterocycles. The summed E-state index contributed by atoms with van der Waals surface area (Å²) in [6.45, 7) is 9.77. The van der Waals surface area contributed by atoms with Crippen LogP contribution in [0.1, 0.15) is 71.6 Å². The van der Waals surface area contributed by atoms with Gasteiger partial charge in [-0.25, -0.2) is 4.79 Å². The number of nitrogens with one attached hydrogen (secondary N) is 2. The molecule has 2 unspecified atom stereocenters. The Morgan fingerprint density at radius 1 is 1.08 bits per heavy atom. The maximum atomic E-state index is 14.1. The Bertz CT molecular complexity index is 1070. The molecule has 2 atom stereocenters. The number of ether oxygens (including phenoxy) is 2. The second kappa shape index (κ2) is 13.5. The van der Waals surface area contributed by atoms with Crippen LogP contribution in [0.4, 0.5) is 4.79 Å². The standard InChI is InChI=1S/C27H38N4O7/c1-9-17-11-13-18(14-12-17)22(23(34)29-16-21(33)37-8)31(27(6,7)10-2)24(35)19(15-20(28)32)30-25(36)38-26(3,4)5/h1,11-14,19,22H,10,15-16H2,2-8H3,(H2,28,32)(H,29,34)(H,30,36). The van der Waals surface area contributed by atoms with Gasteiger partial charge < -0.3 is 30.7 Å². The van der Waals surface area contributed by atoms with Crippen molar-refractivity contribution in [3.05, 3.63) is 35.4 Å². The van der Waals surface area contributed by atoms with Gasteiger partial charge in [-0.3, -0.25) is 19.2 Å². The molecule has 0 aliphatic heterocycles. The molecule has 0 saturated carbocycles. The lowest BCUT2D eigenvalue weighted by atomic mass is 9.91. The second-order valence-electron chi connectivity index (χ2n) is 10.2. The lowest BCUT2D eigenvalue weighted by Crippen LogP contribution is -2.60. The molecule has 1 rings (SSSR count). The van der Waals surface area contributed by atoms with Crippen molar-refractivity contribution in [3.8, 4) is 12.3 Å². The van der Waals surface area contributed by atoms with E-state index in [1.54, 1.807) is 58.9 Å². The minimum absolute atomic E-state index is 0.385. The van der Waals surface area contributed by atoms with Crippen LogP contribution in [-0.4, -0.2) is 65.5 Å². The van der Waals surface area contributed by atoms with Crippen molar-refractivity contribution in [1.29, 1.82) is 0 Å². The van der Waals surface area contributed by atoms with E-state index in [2.05, 4.69) is 21.3 Å². The lowest BCUT2D eigenvalue weighted by molar-refractivity contribution is -0.150. The van der Waals surface area contributed by atoms with Crippen molar-refractivity contribution in [3.63, 3.8) is 0 Å². The third-order valence-electron chi connectivity index (χ3n) is 5.68. The van der Waals surface area contributed by atoms with Gasteiger partial charge in [0.2, 0.25) is 17.7 Å². The van der Waals surface area contributed by atoms with Gasteiger partial charge in [0.05, 0.1) is 13.5 Å². The summed E-state index contributed by atoms with van der Waals surface area (Å²) >= 11 is 0. The Morgan fingerprint density at radius 2 is 1.66 bits per heavy atom. The van der Waals surface area contributed by atoms with Gasteiger partial charge in [-0.15, -0.1) is 6.42 Å². The third kappa shape index (κ3) is 9.42. The summed E-state index contributed by atoms with van der Waals surface area (Å²) in [5.74, 6) is -0.485. The van der Waals surface area contributed by atoms with Crippen LogP contribution in [-0.2, 0) is 28.7 Å². The fourth-order valence-corrected chi connectivity index (χ4v) is 3.47. The van der Waals surface area contributed by atoms with Gasteiger partial charge in [0.25, 0.3) is 0 Å². The van der Waals surface area contributed by atoms with E-state index in [-0.39, 0.29) is 0 Å². The Kier molecular flexibility index (Phi) is 11.3. The summed E-state index contributed by atoms with van der Waals surface area (Å²) in [4.78, 5) is 65.0. The van der Waals surface area contributed by atoms with Gasteiger partial charge in [0.1, 0.15) is 24.2 Å². The molecular weight excluding hydrogens is 492 g/mol. The molecule has 0 bridgehead atoms. The number of carbonyl (C=O) groups is 5. The highest BCUT2D eigenvalue weighted by Crippen LogP contribution is 2.32. The molecule has 208 valence electrons. The van der Waals surface area contributed by atoms with Crippen LogP contribution in [0.15, 0.2) is 24.3 Å². The molecule has 0 aliphatic carbocycles. The molecule has 38 heavy (non-hydrogen) atoms. The molecule has 11 nitrogen and oxygen atoms in total. The minimum atomic E-state index is -1.44. The largest absolute Gasteiger partial charge is 0.468 e. The molecule has 0 heterocycles. The maximum Gasteiger partial charge on any atom is 0.408 e. The number of benzene rings is 1. The van der Waals surface area contributed by atoms with E-state index in [0.717, 1.165) is 0 Å². The summed E-state index contributed by atoms with van der Waals surface area (Å²) in [5.41, 5.74) is 4.49. The molecule has 1 aromatic rings. The fourth-order valence-electron chi connectivity index (χ4n) is 3.47. The fraction of sp³-hybridized carbons (Fsp3) is 0.519. The number of terminal acetylenes is 1. The van der Waals surface area contributed by atoms with Gasteiger partial charge in [-0.2, -0.15) is 0 Å². The van der Waals surface area contributed by atoms with Crippen LogP contribution in [0.3, 0.4) is 0 Å². The number of methoxy groups -OCH3 is 1. The van der Waals surface area contributed by atoms with Crippen molar-refractivity contribution < 1.29 is 33.4 Å². The molecule has 0 aliphatic rings. The van der Waals surface area contributed by atoms with Crippen LogP contribution in [0.5, 0.6) is 0 Å². The zero-order chi connectivity index (χ0) is 29.3. The molecule has 0 saturated heterocycles. The molecule has 1 aromatic carbocycles. The van der Waals surface area contributed by atoms with Crippen LogP contribution in [0.2, 0.25) is 0 Å². The molecule has 0 spiro atoms. The number of nitrogens with zero attached hydrogens (tertiary/aromatic N) is 1. The molecule has 0 fully saturated rings. The van der Waals surface area contributed by atoms with Crippen molar-refractivity contribution >= 4 is 29.8 Å². The van der Waals surface area contributed by atoms with Gasteiger partial charge in [-0.05, 0) is 58.7 Å². The topological polar surface area (TPSA) is 157 Å². The minimum Gasteiger partial charge on any atom is -0.468 e. The predicted octanol–water partition coefficient (Wildman–Crippen LogP) is 1.78. The summed E-state index contributed by atoms with van der Waals surface area (Å²) in [5, 5.41) is 4.91. The van der Waals surface area contributed by atoms with Crippen molar-refractivity contribution in [2.45, 2.75) is 77.6 Å². The zero-order valence-electron chi connectivity index (χ0n) is 23.0. The van der Waals surface area contributed by atoms with Crippen molar-refractivity contribution in [2.24, 2.45) is 5.73 Å². The first kappa shape index (κ1) is 32.0. The number of hydrogen-bond donors (Lipinski definition) is 3. The highest BCUT2D eigenvalue weighted by atomic mass is 16.6. The Balaban J connectivity index is 3.66. The smallest absolute Gasteiger partial charge is 0.408 e. The Hall–Kier alpha value is -4.07. The Morgan fingerprint density at radius 3 is 2.11 bits per heavy atom. The van der Waals surface area contributed by atoms with Crippen LogP contribution in [0.25, 0.3) is 0 Å². The predicted molar refractivity (Wildman–Crippen MR) is 140 cm³/mol. The number of alkyl carbamates (subject to hydrolysis) is 1. The molecule has 4 amide bonds. The molecular formula is C27H38N4O7. The first-order chi connectivity index (χ1) is 17.6. The van der Waals surface area contributed by atoms with Gasteiger partial charge in [0, 0.05) is 11.1 Å². The maximum absolute atomic E-state index is 14.1. The summed E-state index contributed by atoms with van der Waals surface area (Å²) in [6, 6.07) is 3.69. The first-order valence-corrected chi connectivity index (χ1v) is 12.1. The van der Waals surface area contributed by atoms with E-state index in [1.165, 1.54) is 12.0 Å². The summed E-state index contributed by atoms with van der Waals surface area (Å²) < 4.78 is 9.87. The van der Waals surface area contributed by atoms with E-state index in [9.17, 15) is 24.0 Å². The number of nitrogens with two attached hydrogens (primary N) is 1. The van der Waals surface area contributed by atoms with E-state index in [1.807, 2.05) is 6.92 Å². The SMILES string of the molecule is C#Cc1ccc(C(C(=O)NCC(=O)OC)N(C(=O)C(CC(N)=O)NC(=O)OC(C)(C)C)C(C)(C)CC)cc1. The number of primary amides is 1. The van der Waals surface area contributed by atoms with Crippen LogP contribution in [0, 0.1) is 12.3 Å². The number of esters is 1. The Labute approximate surface area is 223 Å². The second-order valence-corrected chi connectivity index (χ2v) is 10.2. The zero-order valence-corrected chi connectivity index (χ0v) is 23.0. The summed E-state index contributed by atoms with van der Waals surface area (Å²) in [7, 11) is 1.18. The van der Waals surface area contributed by atoms with Crippen molar-refractivity contribution in [1.82, 2.24) is 15.5 Å². The van der Waals surface area contributed by atoms with Gasteiger partial charge in [-0.1, -0.05) is 25.0 Å². The number of carbonyl (C=O) groups excluding carboxylic acids is 5. The van der Waals surface area contributed by atoms with Crippen LogP contribution < -0.4 is 16.4 Å². The summed E-state index contributed by atoms with van der Waals surface area (Å²) in [6.07, 6.45) is 4.38. The quantitative estimate of drug-likeness (QED) is 0.291. The van der Waals surface area contributed by atoms with Gasteiger partial charge in [0.15, 0.2) is 0 Å². The third-order valence-corrected chi connectivity index (χ3v) is 5.68. The van der Waals surface area contributed by atoms with Crippen LogP contribution >= 0.6 is 0 Å². The van der Waals surface area contributed by atoms with Crippen molar-refractivity contribution in [2.75, 3.05) is 13.7 Å². The molecule has 0 radical (unpaired) electrons. The van der Waals surface area contributed by atoms with Gasteiger partial charge >= 0.3 is 12.1 Å². The van der Waals surface area contributed by atoms with E-state index >= 15 is 0 Å². The van der Waals surface area contributed by atoms with E-state index < -0.39 is 66.0 Å². The average Bonchev–Trinajstić information content (AvgIpc) is 2.83. The highest BCUT2D eigenvalue weighted by Gasteiger charge is 2.43. The number of rotatable bonds is 11. The number of hydrogen-bond acceptors (Lipinski definition) is 7. The number of amides is 4. The van der Waals surface area contributed by atoms with E-state index in [4.69, 9.17) is 16.9 Å². The monoisotopic (exact) mass is 530 g/mol. The first-order valence-electron chi connectivity index (χ1n) is 12.1. The average molecular weight is 531 g/mol. The normalized spacial score (nSPS) is 12.8. The molecule has 11 heteroatoms.